The van der Waals surface area contributed by atoms with E-state index in [0.29, 0.717) is 11.8 Å². The summed E-state index contributed by atoms with van der Waals surface area (Å²) in [5, 5.41) is 0. The minimum Gasteiger partial charge on any atom is -0.380 e. The molecule has 0 saturated heterocycles. The molecule has 0 aliphatic rings. The van der Waals surface area contributed by atoms with Gasteiger partial charge in [-0.2, -0.15) is 0 Å². The summed E-state index contributed by atoms with van der Waals surface area (Å²) in [5.74, 6) is 7.11. The Morgan fingerprint density at radius 1 is 1.18 bits per heavy atom. The van der Waals surface area contributed by atoms with Gasteiger partial charge in [-0.1, -0.05) is 19.8 Å². The molecule has 0 spiro atoms. The van der Waals surface area contributed by atoms with Gasteiger partial charge in [-0.15, -0.1) is 5.92 Å². The number of hydrogen-bond donors (Lipinski definition) is 0. The quantitative estimate of drug-likeness (QED) is 0.567. The van der Waals surface area contributed by atoms with E-state index in [1.165, 1.54) is 0 Å². The molecule has 0 aliphatic heterocycles. The highest BCUT2D eigenvalue weighted by Gasteiger charge is 1.94. The van der Waals surface area contributed by atoms with Gasteiger partial charge in [0.15, 0.2) is 0 Å². The average molecular weight is 154 g/mol. The first-order chi connectivity index (χ1) is 5.16. The van der Waals surface area contributed by atoms with Crippen LogP contribution in [0.2, 0.25) is 0 Å². The largest absolute Gasteiger partial charge is 0.380 e. The minimum atomic E-state index is 0.373. The van der Waals surface area contributed by atoms with E-state index in [-0.39, 0.29) is 0 Å². The second-order valence-corrected chi connectivity index (χ2v) is 3.00. The van der Waals surface area contributed by atoms with Crippen molar-refractivity contribution in [2.75, 3.05) is 13.2 Å². The van der Waals surface area contributed by atoms with E-state index < -0.39 is 0 Å². The molecule has 11 heavy (non-hydrogen) atoms. The summed E-state index contributed by atoms with van der Waals surface area (Å²) in [5.41, 5.74) is 0. The second kappa shape index (κ2) is 6.24. The van der Waals surface area contributed by atoms with E-state index in [1.807, 2.05) is 6.92 Å². The van der Waals surface area contributed by atoms with Gasteiger partial charge in [0.2, 0.25) is 0 Å². The maximum absolute atomic E-state index is 5.23. The number of ether oxygens (including phenoxy) is 1. The molecule has 0 N–H and O–H groups in total. The lowest BCUT2D eigenvalue weighted by Crippen LogP contribution is -2.03. The zero-order chi connectivity index (χ0) is 8.69. The second-order valence-electron chi connectivity index (χ2n) is 3.00. The summed E-state index contributed by atoms with van der Waals surface area (Å²) in [6.07, 6.45) is 0. The van der Waals surface area contributed by atoms with Crippen molar-refractivity contribution in [3.8, 4) is 11.8 Å². The van der Waals surface area contributed by atoms with Crippen LogP contribution >= 0.6 is 0 Å². The molecule has 0 aromatic carbocycles. The van der Waals surface area contributed by atoms with Crippen LogP contribution in [0.1, 0.15) is 27.7 Å². The van der Waals surface area contributed by atoms with Crippen LogP contribution in [0, 0.1) is 23.7 Å². The molecule has 0 amide bonds. The third kappa shape index (κ3) is 7.42. The van der Waals surface area contributed by atoms with E-state index in [4.69, 9.17) is 4.74 Å². The van der Waals surface area contributed by atoms with Crippen molar-refractivity contribution in [1.29, 1.82) is 0 Å². The van der Waals surface area contributed by atoms with Crippen LogP contribution in [-0.4, -0.2) is 13.2 Å². The minimum absolute atomic E-state index is 0.373. The predicted molar refractivity (Wildman–Crippen MR) is 48.3 cm³/mol. The van der Waals surface area contributed by atoms with Gasteiger partial charge in [0.1, 0.15) is 0 Å². The lowest BCUT2D eigenvalue weighted by Gasteiger charge is -2.02. The highest BCUT2D eigenvalue weighted by Crippen LogP contribution is 1.95. The molecule has 1 heteroatoms. The van der Waals surface area contributed by atoms with Crippen LogP contribution in [0.5, 0.6) is 0 Å². The Balaban J connectivity index is 3.53. The van der Waals surface area contributed by atoms with Gasteiger partial charge in [-0.3, -0.25) is 0 Å². The van der Waals surface area contributed by atoms with Crippen molar-refractivity contribution >= 4 is 0 Å². The van der Waals surface area contributed by atoms with Gasteiger partial charge >= 0.3 is 0 Å². The lowest BCUT2D eigenvalue weighted by molar-refractivity contribution is 0.131. The normalized spacial score (nSPS) is 12.5. The zero-order valence-corrected chi connectivity index (χ0v) is 7.98. The Kier molecular flexibility index (Phi) is 5.97. The Labute approximate surface area is 70.1 Å². The summed E-state index contributed by atoms with van der Waals surface area (Å²) < 4.78 is 5.23. The molecule has 0 aromatic rings. The van der Waals surface area contributed by atoms with E-state index in [0.717, 1.165) is 13.2 Å². The first kappa shape index (κ1) is 10.5. The van der Waals surface area contributed by atoms with E-state index in [2.05, 4.69) is 32.6 Å². The Bertz CT molecular complexity index is 139. The maximum atomic E-state index is 5.23. The fraction of sp³-hybridized carbons (Fsp3) is 0.800. The molecule has 0 aromatic heterocycles. The van der Waals surface area contributed by atoms with Gasteiger partial charge in [-0.25, -0.2) is 0 Å². The van der Waals surface area contributed by atoms with Gasteiger partial charge in [-0.05, 0) is 13.8 Å². The fourth-order valence-electron chi connectivity index (χ4n) is 0.645. The van der Waals surface area contributed by atoms with Crippen molar-refractivity contribution in [2.24, 2.45) is 11.8 Å². The topological polar surface area (TPSA) is 9.23 Å². The van der Waals surface area contributed by atoms with E-state index >= 15 is 0 Å². The highest BCUT2D eigenvalue weighted by atomic mass is 16.5. The molecule has 0 heterocycles. The molecule has 1 unspecified atom stereocenters. The van der Waals surface area contributed by atoms with E-state index in [9.17, 15) is 0 Å². The molecule has 0 radical (unpaired) electrons. The predicted octanol–water partition coefficient (Wildman–Crippen LogP) is 2.32. The first-order valence-electron chi connectivity index (χ1n) is 4.25. The van der Waals surface area contributed by atoms with Crippen molar-refractivity contribution in [3.63, 3.8) is 0 Å². The summed E-state index contributed by atoms with van der Waals surface area (Å²) in [6.45, 7) is 9.83. The van der Waals surface area contributed by atoms with E-state index in [1.54, 1.807) is 0 Å². The average Bonchev–Trinajstić information content (AvgIpc) is 1.97. The monoisotopic (exact) mass is 154 g/mol. The maximum Gasteiger partial charge on any atom is 0.0601 e. The van der Waals surface area contributed by atoms with Gasteiger partial charge in [0, 0.05) is 18.4 Å². The Hall–Kier alpha value is -0.480. The molecule has 1 atom stereocenters. The summed E-state index contributed by atoms with van der Waals surface area (Å²) >= 11 is 0. The van der Waals surface area contributed by atoms with Crippen molar-refractivity contribution in [3.05, 3.63) is 0 Å². The molecule has 0 bridgehead atoms. The standard InChI is InChI=1S/C10H18O/c1-5-11-8-10(4)7-6-9(2)3/h9-10H,5,8H2,1-4H3. The molecule has 0 aliphatic carbocycles. The van der Waals surface area contributed by atoms with Crippen LogP contribution in [0.3, 0.4) is 0 Å². The Morgan fingerprint density at radius 2 is 1.82 bits per heavy atom. The smallest absolute Gasteiger partial charge is 0.0601 e. The first-order valence-corrected chi connectivity index (χ1v) is 4.25. The molecule has 1 nitrogen and oxygen atoms in total. The fourth-order valence-corrected chi connectivity index (χ4v) is 0.645. The highest BCUT2D eigenvalue weighted by molar-refractivity contribution is 5.04. The van der Waals surface area contributed by atoms with Crippen LogP contribution in [0.25, 0.3) is 0 Å². The molecule has 0 fully saturated rings. The third-order valence-electron chi connectivity index (χ3n) is 1.19. The SMILES string of the molecule is CCOCC(C)C#CC(C)C. The van der Waals surface area contributed by atoms with Crippen molar-refractivity contribution < 1.29 is 4.74 Å². The van der Waals surface area contributed by atoms with Crippen molar-refractivity contribution in [2.45, 2.75) is 27.7 Å². The molecule has 64 valence electrons. The van der Waals surface area contributed by atoms with Gasteiger partial charge < -0.3 is 4.74 Å². The number of rotatable bonds is 3. The Morgan fingerprint density at radius 3 is 2.27 bits per heavy atom. The molecule has 0 saturated carbocycles. The summed E-state index contributed by atoms with van der Waals surface area (Å²) in [4.78, 5) is 0. The van der Waals surface area contributed by atoms with Crippen LogP contribution in [0.4, 0.5) is 0 Å². The summed E-state index contributed by atoms with van der Waals surface area (Å²) in [6, 6.07) is 0. The van der Waals surface area contributed by atoms with Gasteiger partial charge in [0.05, 0.1) is 6.61 Å². The van der Waals surface area contributed by atoms with Crippen LogP contribution < -0.4 is 0 Å². The summed E-state index contributed by atoms with van der Waals surface area (Å²) in [7, 11) is 0. The van der Waals surface area contributed by atoms with Crippen LogP contribution in [-0.2, 0) is 4.74 Å². The zero-order valence-electron chi connectivity index (χ0n) is 7.98. The van der Waals surface area contributed by atoms with Crippen LogP contribution in [0.15, 0.2) is 0 Å². The lowest BCUT2D eigenvalue weighted by atomic mass is 10.1. The van der Waals surface area contributed by atoms with Crippen molar-refractivity contribution in [1.82, 2.24) is 0 Å². The molecule has 0 rings (SSSR count). The van der Waals surface area contributed by atoms with Gasteiger partial charge in [0.25, 0.3) is 0 Å². The molecular formula is C10H18O. The molecular weight excluding hydrogens is 136 g/mol. The third-order valence-corrected chi connectivity index (χ3v) is 1.19. The number of hydrogen-bond acceptors (Lipinski definition) is 1.